The average molecular weight is 496 g/mol. The number of ether oxygens (including phenoxy) is 3. The van der Waals surface area contributed by atoms with Crippen LogP contribution in [-0.4, -0.2) is 26.5 Å². The number of thioether (sulfide) groups is 1. The minimum atomic E-state index is -0.622. The van der Waals surface area contributed by atoms with Gasteiger partial charge >= 0.3 is 5.97 Å². The number of carbonyl (C=O) groups excluding carboxylic acids is 1. The Morgan fingerprint density at radius 2 is 2.06 bits per heavy atom. The molecule has 2 aromatic carbocycles. The maximum absolute atomic E-state index is 14.2. The first kappa shape index (κ1) is 23.1. The van der Waals surface area contributed by atoms with Gasteiger partial charge in [-0.1, -0.05) is 42.1 Å². The number of fused-ring (bicyclic) bond motifs is 1. The highest BCUT2D eigenvalue weighted by atomic mass is 32.2. The van der Waals surface area contributed by atoms with Crippen molar-refractivity contribution in [2.75, 3.05) is 5.75 Å². The lowest BCUT2D eigenvalue weighted by Gasteiger charge is -2.28. The van der Waals surface area contributed by atoms with Crippen LogP contribution in [0, 0.1) is 5.82 Å². The Balaban J connectivity index is 1.24. The van der Waals surface area contributed by atoms with E-state index in [4.69, 9.17) is 18.6 Å². The Labute approximate surface area is 205 Å². The van der Waals surface area contributed by atoms with Gasteiger partial charge in [0.05, 0.1) is 18.6 Å². The van der Waals surface area contributed by atoms with Gasteiger partial charge in [-0.05, 0) is 31.2 Å². The Bertz CT molecular complexity index is 1310. The van der Waals surface area contributed by atoms with E-state index in [9.17, 15) is 9.18 Å². The largest absolute Gasteiger partial charge is 0.461 e. The van der Waals surface area contributed by atoms with E-state index in [2.05, 4.69) is 10.2 Å². The van der Waals surface area contributed by atoms with Crippen molar-refractivity contribution in [2.45, 2.75) is 38.1 Å². The Kier molecular flexibility index (Phi) is 6.82. The summed E-state index contributed by atoms with van der Waals surface area (Å²) in [6, 6.07) is 15.7. The molecule has 0 radical (unpaired) electrons. The monoisotopic (exact) mass is 495 g/mol. The molecule has 1 aliphatic rings. The van der Waals surface area contributed by atoms with Gasteiger partial charge in [0.25, 0.3) is 0 Å². The molecular formula is C25H22FN3O5S. The highest BCUT2D eigenvalue weighted by molar-refractivity contribution is 7.99. The van der Waals surface area contributed by atoms with Crippen LogP contribution < -0.4 is 4.74 Å². The van der Waals surface area contributed by atoms with Crippen molar-refractivity contribution < 1.29 is 27.8 Å². The zero-order chi connectivity index (χ0) is 24.2. The molecule has 3 heterocycles. The molecule has 2 aromatic heterocycles. The van der Waals surface area contributed by atoms with Gasteiger partial charge in [0.2, 0.25) is 6.29 Å². The third kappa shape index (κ3) is 5.08. The van der Waals surface area contributed by atoms with Gasteiger partial charge in [0.15, 0.2) is 16.7 Å². The van der Waals surface area contributed by atoms with E-state index in [1.54, 1.807) is 18.4 Å². The van der Waals surface area contributed by atoms with Crippen LogP contribution in [0.2, 0.25) is 0 Å². The maximum Gasteiger partial charge on any atom is 0.316 e. The molecule has 35 heavy (non-hydrogen) atoms. The van der Waals surface area contributed by atoms with E-state index in [0.717, 1.165) is 5.56 Å². The topological polar surface area (TPSA) is 88.6 Å². The number of benzene rings is 2. The lowest BCUT2D eigenvalue weighted by molar-refractivity contribution is -0.142. The lowest BCUT2D eigenvalue weighted by Crippen LogP contribution is -2.20. The molecule has 1 atom stereocenters. The average Bonchev–Trinajstić information content (AvgIpc) is 3.56. The Hall–Kier alpha value is -3.63. The molecule has 4 aromatic rings. The minimum absolute atomic E-state index is 0.0183. The van der Waals surface area contributed by atoms with Gasteiger partial charge in [-0.2, -0.15) is 0 Å². The lowest BCUT2D eigenvalue weighted by atomic mass is 10.1. The van der Waals surface area contributed by atoms with E-state index in [0.29, 0.717) is 40.2 Å². The number of aromatic nitrogens is 3. The molecule has 5 rings (SSSR count). The minimum Gasteiger partial charge on any atom is -0.461 e. The van der Waals surface area contributed by atoms with Crippen molar-refractivity contribution in [3.63, 3.8) is 0 Å². The molecule has 0 bridgehead atoms. The summed E-state index contributed by atoms with van der Waals surface area (Å²) in [6.45, 7) is 2.63. The van der Waals surface area contributed by atoms with E-state index in [-0.39, 0.29) is 19.0 Å². The predicted molar refractivity (Wildman–Crippen MR) is 125 cm³/mol. The molecule has 0 fully saturated rings. The zero-order valence-electron chi connectivity index (χ0n) is 18.8. The fraction of sp³-hybridized carbons (Fsp3) is 0.240. The van der Waals surface area contributed by atoms with E-state index < -0.39 is 18.1 Å². The molecule has 1 aliphatic heterocycles. The Morgan fingerprint density at radius 3 is 2.83 bits per heavy atom. The fourth-order valence-electron chi connectivity index (χ4n) is 3.75. The van der Waals surface area contributed by atoms with Gasteiger partial charge in [0, 0.05) is 23.2 Å². The second-order valence-electron chi connectivity index (χ2n) is 7.70. The van der Waals surface area contributed by atoms with Crippen molar-refractivity contribution in [2.24, 2.45) is 0 Å². The van der Waals surface area contributed by atoms with Gasteiger partial charge in [-0.15, -0.1) is 10.2 Å². The van der Waals surface area contributed by atoms with Gasteiger partial charge in [-0.25, -0.2) is 4.39 Å². The zero-order valence-corrected chi connectivity index (χ0v) is 19.7. The number of hydrogen-bond donors (Lipinski definition) is 0. The maximum atomic E-state index is 14.2. The summed E-state index contributed by atoms with van der Waals surface area (Å²) in [4.78, 5) is 12.5. The third-order valence-corrected chi connectivity index (χ3v) is 6.32. The van der Waals surface area contributed by atoms with Crippen molar-refractivity contribution in [1.29, 1.82) is 0 Å². The van der Waals surface area contributed by atoms with Crippen molar-refractivity contribution in [3.05, 3.63) is 83.4 Å². The summed E-state index contributed by atoms with van der Waals surface area (Å²) in [7, 11) is 0. The van der Waals surface area contributed by atoms with Crippen molar-refractivity contribution >= 4 is 17.7 Å². The summed E-state index contributed by atoms with van der Waals surface area (Å²) < 4.78 is 38.7. The highest BCUT2D eigenvalue weighted by Gasteiger charge is 2.26. The van der Waals surface area contributed by atoms with E-state index in [1.807, 2.05) is 41.8 Å². The summed E-state index contributed by atoms with van der Waals surface area (Å²) in [5, 5.41) is 8.91. The predicted octanol–water partition coefficient (Wildman–Crippen LogP) is 5.14. The van der Waals surface area contributed by atoms with Crippen LogP contribution in [0.4, 0.5) is 4.39 Å². The van der Waals surface area contributed by atoms with Gasteiger partial charge < -0.3 is 18.6 Å². The van der Waals surface area contributed by atoms with E-state index >= 15 is 0 Å². The summed E-state index contributed by atoms with van der Waals surface area (Å²) >= 11 is 1.21. The molecule has 10 heteroatoms. The number of furan rings is 1. The molecule has 0 saturated heterocycles. The second-order valence-corrected chi connectivity index (χ2v) is 8.64. The second kappa shape index (κ2) is 10.3. The third-order valence-electron chi connectivity index (χ3n) is 5.38. The van der Waals surface area contributed by atoms with Crippen LogP contribution in [0.1, 0.15) is 29.9 Å². The molecule has 0 spiro atoms. The number of esters is 1. The smallest absolute Gasteiger partial charge is 0.316 e. The summed E-state index contributed by atoms with van der Waals surface area (Å²) in [6.07, 6.45) is 0.944. The first-order chi connectivity index (χ1) is 17.1. The molecule has 0 saturated carbocycles. The van der Waals surface area contributed by atoms with Crippen LogP contribution in [0.5, 0.6) is 5.75 Å². The van der Waals surface area contributed by atoms with Crippen molar-refractivity contribution in [3.8, 4) is 17.3 Å². The number of carbonyl (C=O) groups is 1. The number of halogens is 1. The first-order valence-corrected chi connectivity index (χ1v) is 12.0. The highest BCUT2D eigenvalue weighted by Crippen LogP contribution is 2.37. The molecule has 0 N–H and O–H groups in total. The van der Waals surface area contributed by atoms with Crippen LogP contribution >= 0.6 is 11.8 Å². The summed E-state index contributed by atoms with van der Waals surface area (Å²) in [5.74, 6) is 0.765. The van der Waals surface area contributed by atoms with Crippen LogP contribution in [-0.2, 0) is 34.0 Å². The van der Waals surface area contributed by atoms with Crippen LogP contribution in [0.25, 0.3) is 11.6 Å². The fourth-order valence-corrected chi connectivity index (χ4v) is 4.55. The number of rotatable bonds is 8. The van der Waals surface area contributed by atoms with Gasteiger partial charge in [0.1, 0.15) is 18.2 Å². The molecule has 0 amide bonds. The Morgan fingerprint density at radius 1 is 1.20 bits per heavy atom. The van der Waals surface area contributed by atoms with E-state index in [1.165, 1.54) is 23.9 Å². The standard InChI is InChI=1S/C25H22FN3O5S/c1-2-29-23(20-9-6-10-31-20)27-28-25(29)35-15-21(30)32-13-17-11-19(26)12-18-14-33-24(34-22(17)18)16-7-4-3-5-8-16/h3-12,24H,2,13-15H2,1H3/t24-/m1/s1. The van der Waals surface area contributed by atoms with Crippen molar-refractivity contribution in [1.82, 2.24) is 14.8 Å². The first-order valence-electron chi connectivity index (χ1n) is 11.0. The molecule has 0 aliphatic carbocycles. The SMILES string of the molecule is CCn1c(SCC(=O)OCc2cc(F)cc3c2O[C@H](c2ccccc2)OC3)nnc1-c1ccco1. The molecule has 0 unspecified atom stereocenters. The van der Waals surface area contributed by atoms with Crippen LogP contribution in [0.3, 0.4) is 0 Å². The molecule has 180 valence electrons. The van der Waals surface area contributed by atoms with Crippen LogP contribution in [0.15, 0.2) is 70.4 Å². The molecular weight excluding hydrogens is 473 g/mol. The van der Waals surface area contributed by atoms with Gasteiger partial charge in [-0.3, -0.25) is 9.36 Å². The molecule has 8 nitrogen and oxygen atoms in total. The number of nitrogens with zero attached hydrogens (tertiary/aromatic N) is 3. The normalized spacial score (nSPS) is 14.9. The quantitative estimate of drug-likeness (QED) is 0.245. The summed E-state index contributed by atoms with van der Waals surface area (Å²) in [5.41, 5.74) is 1.86. The number of hydrogen-bond acceptors (Lipinski definition) is 8.